The third kappa shape index (κ3) is 5.46. The summed E-state index contributed by atoms with van der Waals surface area (Å²) in [6.45, 7) is 1.26. The van der Waals surface area contributed by atoms with E-state index in [1.54, 1.807) is 24.3 Å². The Labute approximate surface area is 180 Å². The molecule has 0 unspecified atom stereocenters. The second-order valence-corrected chi connectivity index (χ2v) is 7.61. The van der Waals surface area contributed by atoms with E-state index < -0.39 is 24.0 Å². The van der Waals surface area contributed by atoms with Crippen molar-refractivity contribution in [3.63, 3.8) is 0 Å². The molecular formula is C22H27N5O4. The Hall–Kier alpha value is -3.27. The van der Waals surface area contributed by atoms with Crippen LogP contribution in [0.1, 0.15) is 11.1 Å². The third-order valence-corrected chi connectivity index (χ3v) is 4.86. The van der Waals surface area contributed by atoms with Crippen molar-refractivity contribution in [2.45, 2.75) is 18.8 Å². The van der Waals surface area contributed by atoms with Crippen LogP contribution in [0.4, 0.5) is 11.4 Å². The fourth-order valence-electron chi connectivity index (χ4n) is 3.36. The van der Waals surface area contributed by atoms with E-state index in [-0.39, 0.29) is 12.4 Å². The fraction of sp³-hybridized carbons (Fsp3) is 0.318. The summed E-state index contributed by atoms with van der Waals surface area (Å²) in [6, 6.07) is 13.9. The number of benzene rings is 2. The Morgan fingerprint density at radius 1 is 1.32 bits per heavy atom. The normalized spacial score (nSPS) is 17.5. The second-order valence-electron chi connectivity index (χ2n) is 7.61. The van der Waals surface area contributed by atoms with Crippen molar-refractivity contribution < 1.29 is 19.4 Å². The number of hydrogen-bond acceptors (Lipinski definition) is 6. The van der Waals surface area contributed by atoms with Crippen molar-refractivity contribution in [3.8, 4) is 0 Å². The largest absolute Gasteiger partial charge is 0.384 e. The number of ether oxygens (including phenoxy) is 1. The zero-order chi connectivity index (χ0) is 22.5. The number of nitrogen functional groups attached to an aromatic ring is 1. The summed E-state index contributed by atoms with van der Waals surface area (Å²) < 4.78 is 5.45. The molecule has 2 aromatic carbocycles. The maximum atomic E-state index is 13.0. The first-order valence-corrected chi connectivity index (χ1v) is 9.86. The van der Waals surface area contributed by atoms with Crippen molar-refractivity contribution in [2.24, 2.45) is 5.73 Å². The first-order valence-electron chi connectivity index (χ1n) is 9.86. The number of amides is 2. The molecule has 0 aliphatic carbocycles. The summed E-state index contributed by atoms with van der Waals surface area (Å²) in [4.78, 5) is 29.1. The van der Waals surface area contributed by atoms with Crippen molar-refractivity contribution in [1.82, 2.24) is 4.90 Å². The van der Waals surface area contributed by atoms with Crippen molar-refractivity contribution in [2.75, 3.05) is 37.5 Å². The fourth-order valence-corrected chi connectivity index (χ4v) is 3.36. The predicted molar refractivity (Wildman–Crippen MR) is 118 cm³/mol. The molecule has 1 fully saturated rings. The number of nitrogens with two attached hydrogens (primary N) is 1. The molecule has 9 heteroatoms. The molecule has 164 valence electrons. The number of hydrogen-bond donors (Lipinski definition) is 4. The Balaban J connectivity index is 1.70. The minimum atomic E-state index is -1.67. The molecular weight excluding hydrogens is 398 g/mol. The lowest BCUT2D eigenvalue weighted by Crippen LogP contribution is -2.55. The summed E-state index contributed by atoms with van der Waals surface area (Å²) in [5.74, 6) is -1.31. The van der Waals surface area contributed by atoms with Gasteiger partial charge in [0.2, 0.25) is 0 Å². The van der Waals surface area contributed by atoms with Crippen LogP contribution in [0.2, 0.25) is 0 Å². The number of anilines is 2. The van der Waals surface area contributed by atoms with E-state index >= 15 is 0 Å². The first kappa shape index (κ1) is 22.4. The van der Waals surface area contributed by atoms with Gasteiger partial charge in [-0.05, 0) is 56.1 Å². The molecule has 1 aliphatic rings. The van der Waals surface area contributed by atoms with E-state index in [4.69, 9.17) is 15.9 Å². The van der Waals surface area contributed by atoms with Gasteiger partial charge >= 0.3 is 0 Å². The lowest BCUT2D eigenvalue weighted by Gasteiger charge is -2.34. The van der Waals surface area contributed by atoms with E-state index in [1.807, 2.05) is 43.3 Å². The molecule has 0 bridgehead atoms. The molecule has 0 spiro atoms. The minimum absolute atomic E-state index is 0.0890. The third-order valence-electron chi connectivity index (χ3n) is 4.86. The highest BCUT2D eigenvalue weighted by Gasteiger charge is 2.39. The Morgan fingerprint density at radius 2 is 2.03 bits per heavy atom. The standard InChI is InChI=1S/C22H27N5O4/c1-26(2)13-14-4-3-5-17(12-14)27-10-11-31-19(22(27)30)18(28)21(29)25-16-8-6-15(7-9-16)20(23)24/h3-9,12,18-19,28H,10-11,13H2,1-2H3,(H3,23,24)(H,25,29)/t18-,19-/m1/s1. The molecule has 3 rings (SSSR count). The van der Waals surface area contributed by atoms with E-state index in [2.05, 4.69) is 5.32 Å². The first-order chi connectivity index (χ1) is 14.8. The van der Waals surface area contributed by atoms with E-state index in [9.17, 15) is 14.7 Å². The molecule has 0 saturated carbocycles. The summed E-state index contributed by atoms with van der Waals surface area (Å²) in [5.41, 5.74) is 8.08. The zero-order valence-corrected chi connectivity index (χ0v) is 17.5. The van der Waals surface area contributed by atoms with Crippen LogP contribution in [-0.2, 0) is 20.9 Å². The molecule has 2 amide bonds. The van der Waals surface area contributed by atoms with Crippen molar-refractivity contribution in [3.05, 3.63) is 59.7 Å². The molecule has 5 N–H and O–H groups in total. The molecule has 31 heavy (non-hydrogen) atoms. The number of aliphatic hydroxyl groups excluding tert-OH is 1. The molecule has 0 radical (unpaired) electrons. The van der Waals surface area contributed by atoms with Crippen LogP contribution in [0.3, 0.4) is 0 Å². The van der Waals surface area contributed by atoms with Gasteiger partial charge in [-0.3, -0.25) is 15.0 Å². The van der Waals surface area contributed by atoms with Crippen LogP contribution < -0.4 is 16.0 Å². The average Bonchev–Trinajstić information content (AvgIpc) is 2.73. The number of carbonyl (C=O) groups excluding carboxylic acids is 2. The van der Waals surface area contributed by atoms with Gasteiger partial charge in [0, 0.05) is 30.0 Å². The van der Waals surface area contributed by atoms with Gasteiger partial charge in [0.05, 0.1) is 6.61 Å². The highest BCUT2D eigenvalue weighted by atomic mass is 16.5. The average molecular weight is 425 g/mol. The Kier molecular flexibility index (Phi) is 7.01. The van der Waals surface area contributed by atoms with Gasteiger partial charge in [-0.25, -0.2) is 0 Å². The van der Waals surface area contributed by atoms with E-state index in [0.717, 1.165) is 12.1 Å². The quantitative estimate of drug-likeness (QED) is 0.383. The second kappa shape index (κ2) is 9.69. The number of amidine groups is 1. The van der Waals surface area contributed by atoms with Gasteiger partial charge in [-0.1, -0.05) is 12.1 Å². The van der Waals surface area contributed by atoms with Gasteiger partial charge in [0.15, 0.2) is 12.2 Å². The SMILES string of the molecule is CN(C)Cc1cccc(N2CCO[C@H]([C@@H](O)C(=O)Nc3ccc(C(=N)N)cc3)C2=O)c1. The van der Waals surface area contributed by atoms with Crippen LogP contribution in [0.15, 0.2) is 48.5 Å². The van der Waals surface area contributed by atoms with Crippen LogP contribution in [0.25, 0.3) is 0 Å². The Bertz CT molecular complexity index is 961. The number of carbonyl (C=O) groups is 2. The van der Waals surface area contributed by atoms with Crippen molar-refractivity contribution in [1.29, 1.82) is 5.41 Å². The monoisotopic (exact) mass is 425 g/mol. The summed E-state index contributed by atoms with van der Waals surface area (Å²) >= 11 is 0. The molecule has 1 aliphatic heterocycles. The topological polar surface area (TPSA) is 132 Å². The van der Waals surface area contributed by atoms with Crippen LogP contribution in [-0.4, -0.2) is 67.1 Å². The zero-order valence-electron chi connectivity index (χ0n) is 17.5. The van der Waals surface area contributed by atoms with Gasteiger partial charge in [0.1, 0.15) is 5.84 Å². The number of rotatable bonds is 7. The summed E-state index contributed by atoms with van der Waals surface area (Å²) in [7, 11) is 3.93. The van der Waals surface area contributed by atoms with Crippen molar-refractivity contribution >= 4 is 29.0 Å². The predicted octanol–water partition coefficient (Wildman–Crippen LogP) is 0.764. The van der Waals surface area contributed by atoms with Gasteiger partial charge < -0.3 is 30.7 Å². The molecule has 2 aromatic rings. The number of morpholine rings is 1. The van der Waals surface area contributed by atoms with Gasteiger partial charge in [-0.2, -0.15) is 0 Å². The number of nitrogens with zero attached hydrogens (tertiary/aromatic N) is 2. The van der Waals surface area contributed by atoms with Gasteiger partial charge in [-0.15, -0.1) is 0 Å². The maximum Gasteiger partial charge on any atom is 0.259 e. The lowest BCUT2D eigenvalue weighted by molar-refractivity contribution is -0.150. The van der Waals surface area contributed by atoms with E-state index in [0.29, 0.717) is 23.5 Å². The van der Waals surface area contributed by atoms with Crippen LogP contribution in [0.5, 0.6) is 0 Å². The highest BCUT2D eigenvalue weighted by molar-refractivity contribution is 6.04. The molecule has 1 saturated heterocycles. The molecule has 2 atom stereocenters. The van der Waals surface area contributed by atoms with Gasteiger partial charge in [0.25, 0.3) is 11.8 Å². The number of aliphatic hydroxyl groups is 1. The highest BCUT2D eigenvalue weighted by Crippen LogP contribution is 2.22. The Morgan fingerprint density at radius 3 is 2.68 bits per heavy atom. The van der Waals surface area contributed by atoms with E-state index in [1.165, 1.54) is 4.90 Å². The summed E-state index contributed by atoms with van der Waals surface area (Å²) in [5, 5.41) is 20.5. The smallest absolute Gasteiger partial charge is 0.259 e. The number of nitrogens with one attached hydrogen (secondary N) is 2. The molecule has 0 aromatic heterocycles. The minimum Gasteiger partial charge on any atom is -0.384 e. The maximum absolute atomic E-state index is 13.0. The van der Waals surface area contributed by atoms with Crippen LogP contribution in [0, 0.1) is 5.41 Å². The van der Waals surface area contributed by atoms with Crippen LogP contribution >= 0.6 is 0 Å². The summed E-state index contributed by atoms with van der Waals surface area (Å²) in [6.07, 6.45) is -2.98. The lowest BCUT2D eigenvalue weighted by atomic mass is 10.1. The molecule has 9 nitrogen and oxygen atoms in total. The molecule has 1 heterocycles.